The van der Waals surface area contributed by atoms with Crippen molar-refractivity contribution in [3.63, 3.8) is 0 Å². The molecule has 0 spiro atoms. The van der Waals surface area contributed by atoms with Gasteiger partial charge in [-0.1, -0.05) is 6.07 Å². The van der Waals surface area contributed by atoms with E-state index in [0.717, 1.165) is 37.2 Å². The second-order valence-electron chi connectivity index (χ2n) is 6.74. The summed E-state index contributed by atoms with van der Waals surface area (Å²) in [6.07, 6.45) is 3.90. The van der Waals surface area contributed by atoms with Crippen molar-refractivity contribution >= 4 is 5.91 Å². The lowest BCUT2D eigenvalue weighted by atomic mass is 9.94. The number of carbonyl (C=O) groups is 1. The summed E-state index contributed by atoms with van der Waals surface area (Å²) in [7, 11) is 0. The fourth-order valence-electron chi connectivity index (χ4n) is 3.45. The predicted octanol–water partition coefficient (Wildman–Crippen LogP) is 2.03. The van der Waals surface area contributed by atoms with Gasteiger partial charge in [0.25, 0.3) is 0 Å². The second kappa shape index (κ2) is 6.04. The fourth-order valence-corrected chi connectivity index (χ4v) is 3.45. The zero-order chi connectivity index (χ0) is 15.7. The minimum absolute atomic E-state index is 0.0800. The van der Waals surface area contributed by atoms with Crippen molar-refractivity contribution in [1.82, 2.24) is 5.32 Å². The number of benzene rings is 1. The molecule has 2 heterocycles. The molecule has 0 radical (unpaired) electrons. The van der Waals surface area contributed by atoms with Gasteiger partial charge in [0.15, 0.2) is 11.5 Å². The molecule has 1 aromatic rings. The Morgan fingerprint density at radius 1 is 1.09 bits per heavy atom. The van der Waals surface area contributed by atoms with Gasteiger partial charge in [-0.05, 0) is 43.4 Å². The molecule has 0 atom stereocenters. The molecule has 4 rings (SSSR count). The van der Waals surface area contributed by atoms with Crippen LogP contribution in [-0.4, -0.2) is 38.9 Å². The van der Waals surface area contributed by atoms with E-state index in [1.54, 1.807) is 0 Å². The minimum Gasteiger partial charge on any atom is -0.486 e. The Morgan fingerprint density at radius 2 is 1.83 bits per heavy atom. The Balaban J connectivity index is 1.41. The van der Waals surface area contributed by atoms with Gasteiger partial charge in [-0.3, -0.25) is 4.79 Å². The fraction of sp³-hybridized carbons (Fsp3) is 0.611. The summed E-state index contributed by atoms with van der Waals surface area (Å²) in [4.78, 5) is 12.3. The number of nitrogens with one attached hydrogen (secondary N) is 1. The quantitative estimate of drug-likeness (QED) is 0.923. The SMILES string of the molecule is O=C(NCC1(c2ccc3c(c2)OCCO3)CC1)C1CCOCC1. The summed E-state index contributed by atoms with van der Waals surface area (Å²) in [5.41, 5.74) is 1.32. The van der Waals surface area contributed by atoms with Crippen molar-refractivity contribution < 1.29 is 19.0 Å². The summed E-state index contributed by atoms with van der Waals surface area (Å²) >= 11 is 0. The number of rotatable bonds is 4. The molecule has 1 saturated heterocycles. The van der Waals surface area contributed by atoms with Crippen LogP contribution in [0.3, 0.4) is 0 Å². The molecular weight excluding hydrogens is 294 g/mol. The van der Waals surface area contributed by atoms with Crippen molar-refractivity contribution in [3.8, 4) is 11.5 Å². The van der Waals surface area contributed by atoms with Gasteiger partial charge < -0.3 is 19.5 Å². The second-order valence-corrected chi connectivity index (χ2v) is 6.74. The number of ether oxygens (including phenoxy) is 3. The molecule has 1 N–H and O–H groups in total. The van der Waals surface area contributed by atoms with Crippen LogP contribution in [0.2, 0.25) is 0 Å². The first-order valence-corrected chi connectivity index (χ1v) is 8.52. The molecule has 1 saturated carbocycles. The zero-order valence-corrected chi connectivity index (χ0v) is 13.3. The van der Waals surface area contributed by atoms with E-state index >= 15 is 0 Å². The highest BCUT2D eigenvalue weighted by Crippen LogP contribution is 2.49. The van der Waals surface area contributed by atoms with Gasteiger partial charge in [0.05, 0.1) is 0 Å². The van der Waals surface area contributed by atoms with Crippen molar-refractivity contribution in [2.45, 2.75) is 31.1 Å². The highest BCUT2D eigenvalue weighted by molar-refractivity contribution is 5.79. The molecule has 0 bridgehead atoms. The van der Waals surface area contributed by atoms with Gasteiger partial charge in [0.1, 0.15) is 13.2 Å². The molecule has 23 heavy (non-hydrogen) atoms. The first-order valence-electron chi connectivity index (χ1n) is 8.52. The van der Waals surface area contributed by atoms with E-state index in [2.05, 4.69) is 17.4 Å². The summed E-state index contributed by atoms with van der Waals surface area (Å²) in [5.74, 6) is 1.94. The van der Waals surface area contributed by atoms with Crippen LogP contribution in [0.15, 0.2) is 18.2 Å². The lowest BCUT2D eigenvalue weighted by Gasteiger charge is -2.24. The maximum atomic E-state index is 12.3. The van der Waals surface area contributed by atoms with Crippen LogP contribution in [0, 0.1) is 5.92 Å². The summed E-state index contributed by atoms with van der Waals surface area (Å²) in [6, 6.07) is 6.19. The molecule has 2 fully saturated rings. The van der Waals surface area contributed by atoms with Gasteiger partial charge in [-0.25, -0.2) is 0 Å². The molecule has 1 aromatic carbocycles. The van der Waals surface area contributed by atoms with Crippen LogP contribution < -0.4 is 14.8 Å². The predicted molar refractivity (Wildman–Crippen MR) is 84.9 cm³/mol. The Hall–Kier alpha value is -1.75. The van der Waals surface area contributed by atoms with Crippen LogP contribution in [0.25, 0.3) is 0 Å². The van der Waals surface area contributed by atoms with Gasteiger partial charge in [0, 0.05) is 31.1 Å². The lowest BCUT2D eigenvalue weighted by molar-refractivity contribution is -0.127. The normalized spacial score (nSPS) is 22.4. The molecule has 2 aliphatic heterocycles. The van der Waals surface area contributed by atoms with Gasteiger partial charge >= 0.3 is 0 Å². The first kappa shape index (κ1) is 14.8. The minimum atomic E-state index is 0.0800. The van der Waals surface area contributed by atoms with Gasteiger partial charge in [-0.15, -0.1) is 0 Å². The number of carbonyl (C=O) groups excluding carboxylic acids is 1. The van der Waals surface area contributed by atoms with Gasteiger partial charge in [-0.2, -0.15) is 0 Å². The molecule has 1 amide bonds. The van der Waals surface area contributed by atoms with Crippen molar-refractivity contribution in [1.29, 1.82) is 0 Å². The van der Waals surface area contributed by atoms with E-state index < -0.39 is 0 Å². The highest BCUT2D eigenvalue weighted by Gasteiger charge is 2.45. The number of hydrogen-bond donors (Lipinski definition) is 1. The third-order valence-corrected chi connectivity index (χ3v) is 5.20. The number of amides is 1. The topological polar surface area (TPSA) is 56.8 Å². The van der Waals surface area contributed by atoms with Gasteiger partial charge in [0.2, 0.25) is 5.91 Å². The van der Waals surface area contributed by atoms with Crippen molar-refractivity contribution in [2.24, 2.45) is 5.92 Å². The van der Waals surface area contributed by atoms with Crippen LogP contribution in [0.1, 0.15) is 31.2 Å². The third-order valence-electron chi connectivity index (χ3n) is 5.20. The summed E-state index contributed by atoms with van der Waals surface area (Å²) in [6.45, 7) is 3.32. The molecule has 0 unspecified atom stereocenters. The van der Waals surface area contributed by atoms with E-state index in [-0.39, 0.29) is 17.2 Å². The molecule has 5 heteroatoms. The lowest BCUT2D eigenvalue weighted by Crippen LogP contribution is -2.38. The average molecular weight is 317 g/mol. The van der Waals surface area contributed by atoms with Crippen molar-refractivity contribution in [3.05, 3.63) is 23.8 Å². The van der Waals surface area contributed by atoms with E-state index in [9.17, 15) is 4.79 Å². The zero-order valence-electron chi connectivity index (χ0n) is 13.3. The molecular formula is C18H23NO4. The standard InChI is InChI=1S/C18H23NO4/c20-17(13-3-7-21-8-4-13)19-12-18(5-6-18)14-1-2-15-16(11-14)23-10-9-22-15/h1-2,11,13H,3-10,12H2,(H,19,20). The van der Waals surface area contributed by atoms with Crippen LogP contribution in [0.4, 0.5) is 0 Å². The Labute approximate surface area is 136 Å². The maximum Gasteiger partial charge on any atom is 0.223 e. The Morgan fingerprint density at radius 3 is 2.57 bits per heavy atom. The van der Waals surface area contributed by atoms with Crippen LogP contribution >= 0.6 is 0 Å². The first-order chi connectivity index (χ1) is 11.3. The summed E-state index contributed by atoms with van der Waals surface area (Å²) in [5, 5.41) is 3.17. The molecule has 5 nitrogen and oxygen atoms in total. The molecule has 1 aliphatic carbocycles. The Kier molecular flexibility index (Phi) is 3.89. The molecule has 3 aliphatic rings. The van der Waals surface area contributed by atoms with Crippen molar-refractivity contribution in [2.75, 3.05) is 33.0 Å². The van der Waals surface area contributed by atoms with E-state index in [0.29, 0.717) is 33.0 Å². The largest absolute Gasteiger partial charge is 0.486 e. The smallest absolute Gasteiger partial charge is 0.223 e. The van der Waals surface area contributed by atoms with E-state index in [1.165, 1.54) is 5.56 Å². The third kappa shape index (κ3) is 3.02. The summed E-state index contributed by atoms with van der Waals surface area (Å²) < 4.78 is 16.6. The molecule has 0 aromatic heterocycles. The number of fused-ring (bicyclic) bond motifs is 1. The highest BCUT2D eigenvalue weighted by atomic mass is 16.6. The van der Waals surface area contributed by atoms with Crippen LogP contribution in [-0.2, 0) is 14.9 Å². The molecule has 124 valence electrons. The average Bonchev–Trinajstić information content (AvgIpc) is 3.41. The van der Waals surface area contributed by atoms with E-state index in [4.69, 9.17) is 14.2 Å². The monoisotopic (exact) mass is 317 g/mol. The van der Waals surface area contributed by atoms with E-state index in [1.807, 2.05) is 6.07 Å². The maximum absolute atomic E-state index is 12.3. The number of hydrogen-bond acceptors (Lipinski definition) is 4. The van der Waals surface area contributed by atoms with Crippen LogP contribution in [0.5, 0.6) is 11.5 Å². The Bertz CT molecular complexity index is 591.